The highest BCUT2D eigenvalue weighted by molar-refractivity contribution is 5.91. The van der Waals surface area contributed by atoms with Gasteiger partial charge in [0.15, 0.2) is 30.1 Å². The van der Waals surface area contributed by atoms with Crippen molar-refractivity contribution in [2.45, 2.75) is 31.5 Å². The standard InChI is InChI=1S/C32H26FN3O9/c1-19(37)34-27-23(33)17-36(32(41)35-27)28-26(45-31(40)22-15-9-4-10-16-22)25(44-30(39)21-13-7-3-8-14-21)24(43-28)18-42-29(38)20-11-5-2-6-12-20/h2-17,24-26,28H,18H2,1H3,(H,34,35,37,41)/t24-,25-,26-,28-/m1/s1. The number of amides is 1. The lowest BCUT2D eigenvalue weighted by Crippen LogP contribution is -2.42. The van der Waals surface area contributed by atoms with E-state index in [9.17, 15) is 24.0 Å². The van der Waals surface area contributed by atoms with Crippen LogP contribution in [0.5, 0.6) is 0 Å². The monoisotopic (exact) mass is 615 g/mol. The maximum absolute atomic E-state index is 15.0. The van der Waals surface area contributed by atoms with Gasteiger partial charge in [-0.2, -0.15) is 4.98 Å². The van der Waals surface area contributed by atoms with Crippen molar-refractivity contribution in [1.82, 2.24) is 9.55 Å². The number of hydrogen-bond acceptors (Lipinski definition) is 10. The third-order valence-corrected chi connectivity index (χ3v) is 6.65. The van der Waals surface area contributed by atoms with Crippen molar-refractivity contribution in [1.29, 1.82) is 0 Å². The van der Waals surface area contributed by atoms with Crippen molar-refractivity contribution < 1.29 is 42.5 Å². The van der Waals surface area contributed by atoms with E-state index >= 15 is 4.39 Å². The molecule has 1 amide bonds. The fourth-order valence-electron chi connectivity index (χ4n) is 4.56. The number of ether oxygens (including phenoxy) is 4. The van der Waals surface area contributed by atoms with Crippen LogP contribution in [0.1, 0.15) is 44.2 Å². The summed E-state index contributed by atoms with van der Waals surface area (Å²) in [5.74, 6) is -4.81. The van der Waals surface area contributed by atoms with Crippen LogP contribution in [0.25, 0.3) is 0 Å². The summed E-state index contributed by atoms with van der Waals surface area (Å²) in [6.07, 6.45) is -5.20. The number of hydrogen-bond donors (Lipinski definition) is 1. The van der Waals surface area contributed by atoms with Gasteiger partial charge in [-0.05, 0) is 36.4 Å². The molecule has 4 atom stereocenters. The predicted molar refractivity (Wildman–Crippen MR) is 155 cm³/mol. The largest absolute Gasteiger partial charge is 0.459 e. The third-order valence-electron chi connectivity index (χ3n) is 6.65. The summed E-state index contributed by atoms with van der Waals surface area (Å²) in [6.45, 7) is 0.601. The number of nitrogens with zero attached hydrogens (tertiary/aromatic N) is 2. The van der Waals surface area contributed by atoms with Gasteiger partial charge in [0, 0.05) is 6.92 Å². The maximum atomic E-state index is 15.0. The molecule has 0 spiro atoms. The van der Waals surface area contributed by atoms with E-state index in [4.69, 9.17) is 18.9 Å². The van der Waals surface area contributed by atoms with Crippen molar-refractivity contribution in [3.05, 3.63) is 130 Å². The van der Waals surface area contributed by atoms with Crippen molar-refractivity contribution >= 4 is 29.6 Å². The third kappa shape index (κ3) is 7.28. The lowest BCUT2D eigenvalue weighted by molar-refractivity contribution is -0.114. The summed E-state index contributed by atoms with van der Waals surface area (Å²) in [7, 11) is 0. The highest BCUT2D eigenvalue weighted by atomic mass is 19.1. The normalized spacial score (nSPS) is 18.9. The molecule has 230 valence electrons. The number of nitrogens with one attached hydrogen (secondary N) is 1. The van der Waals surface area contributed by atoms with Crippen LogP contribution in [-0.2, 0) is 23.7 Å². The molecule has 1 fully saturated rings. The molecule has 3 aromatic carbocycles. The van der Waals surface area contributed by atoms with Crippen LogP contribution in [0.3, 0.4) is 0 Å². The van der Waals surface area contributed by atoms with Gasteiger partial charge in [-0.1, -0.05) is 54.6 Å². The van der Waals surface area contributed by atoms with E-state index in [1.165, 1.54) is 36.4 Å². The number of halogens is 1. The zero-order valence-electron chi connectivity index (χ0n) is 23.7. The maximum Gasteiger partial charge on any atom is 0.351 e. The zero-order valence-corrected chi connectivity index (χ0v) is 23.7. The zero-order chi connectivity index (χ0) is 31.9. The summed E-state index contributed by atoms with van der Waals surface area (Å²) in [5.41, 5.74) is -0.575. The van der Waals surface area contributed by atoms with Gasteiger partial charge in [-0.3, -0.25) is 9.36 Å². The van der Waals surface area contributed by atoms with Gasteiger partial charge in [0.25, 0.3) is 0 Å². The van der Waals surface area contributed by atoms with Gasteiger partial charge in [-0.15, -0.1) is 0 Å². The fraction of sp³-hybridized carbons (Fsp3) is 0.188. The van der Waals surface area contributed by atoms with E-state index in [1.54, 1.807) is 54.6 Å². The summed E-state index contributed by atoms with van der Waals surface area (Å²) >= 11 is 0. The Bertz CT molecular complexity index is 1750. The number of carbonyl (C=O) groups is 4. The van der Waals surface area contributed by atoms with E-state index in [2.05, 4.69) is 10.3 Å². The minimum absolute atomic E-state index is 0.126. The molecule has 0 aliphatic carbocycles. The number of carbonyl (C=O) groups excluding carboxylic acids is 4. The van der Waals surface area contributed by atoms with Crippen LogP contribution >= 0.6 is 0 Å². The van der Waals surface area contributed by atoms with Crippen LogP contribution < -0.4 is 11.0 Å². The molecule has 0 unspecified atom stereocenters. The van der Waals surface area contributed by atoms with Gasteiger partial charge in [-0.25, -0.2) is 23.6 Å². The van der Waals surface area contributed by atoms with Crippen molar-refractivity contribution in [3.8, 4) is 0 Å². The molecule has 1 aliphatic rings. The molecule has 5 rings (SSSR count). The van der Waals surface area contributed by atoms with Crippen molar-refractivity contribution in [2.75, 3.05) is 11.9 Å². The molecular weight excluding hydrogens is 589 g/mol. The summed E-state index contributed by atoms with van der Waals surface area (Å²) in [5, 5.41) is 2.12. The SMILES string of the molecule is CC(=O)Nc1nc(=O)n([C@@H]2O[C@H](COC(=O)c3ccccc3)[C@@H](OC(=O)c3ccccc3)[C@H]2OC(=O)c2ccccc2)cc1F. The predicted octanol–water partition coefficient (Wildman–Crippen LogP) is 3.55. The lowest BCUT2D eigenvalue weighted by atomic mass is 10.1. The molecule has 0 saturated carbocycles. The van der Waals surface area contributed by atoms with Gasteiger partial charge in [0.1, 0.15) is 12.7 Å². The minimum atomic E-state index is -1.60. The number of aromatic nitrogens is 2. The Morgan fingerprint density at radius 2 is 1.29 bits per heavy atom. The van der Waals surface area contributed by atoms with E-state index in [0.717, 1.165) is 6.92 Å². The Balaban J connectivity index is 1.53. The van der Waals surface area contributed by atoms with E-state index in [-0.39, 0.29) is 16.7 Å². The average Bonchev–Trinajstić information content (AvgIpc) is 3.38. The van der Waals surface area contributed by atoms with Crippen LogP contribution in [0.4, 0.5) is 10.2 Å². The second-order valence-corrected chi connectivity index (χ2v) is 9.81. The molecule has 1 N–H and O–H groups in total. The first-order chi connectivity index (χ1) is 21.7. The van der Waals surface area contributed by atoms with Crippen LogP contribution in [0.15, 0.2) is 102 Å². The Morgan fingerprint density at radius 1 is 0.800 bits per heavy atom. The number of anilines is 1. The second-order valence-electron chi connectivity index (χ2n) is 9.81. The second kappa shape index (κ2) is 13.7. The Kier molecular flexibility index (Phi) is 9.39. The molecule has 2 heterocycles. The Labute approximate surface area is 255 Å². The van der Waals surface area contributed by atoms with Gasteiger partial charge in [0.2, 0.25) is 5.91 Å². The van der Waals surface area contributed by atoms with Gasteiger partial charge < -0.3 is 24.3 Å². The average molecular weight is 616 g/mol. The Hall–Kier alpha value is -5.69. The van der Waals surface area contributed by atoms with Crippen molar-refractivity contribution in [2.24, 2.45) is 0 Å². The minimum Gasteiger partial charge on any atom is -0.459 e. The van der Waals surface area contributed by atoms with Gasteiger partial charge >= 0.3 is 23.6 Å². The van der Waals surface area contributed by atoms with E-state index in [0.29, 0.717) is 10.8 Å². The molecule has 4 aromatic rings. The summed E-state index contributed by atoms with van der Waals surface area (Å²) in [4.78, 5) is 67.3. The lowest BCUT2D eigenvalue weighted by Gasteiger charge is -2.25. The first-order valence-electron chi connectivity index (χ1n) is 13.7. The van der Waals surface area contributed by atoms with Crippen LogP contribution in [-0.4, -0.2) is 58.3 Å². The molecule has 45 heavy (non-hydrogen) atoms. The van der Waals surface area contributed by atoms with Crippen LogP contribution in [0.2, 0.25) is 0 Å². The number of rotatable bonds is 9. The fourth-order valence-corrected chi connectivity index (χ4v) is 4.56. The molecule has 13 heteroatoms. The Morgan fingerprint density at radius 3 is 1.80 bits per heavy atom. The molecule has 1 aromatic heterocycles. The highest BCUT2D eigenvalue weighted by Crippen LogP contribution is 2.35. The molecule has 1 aliphatic heterocycles. The topological polar surface area (TPSA) is 152 Å². The number of esters is 3. The number of benzene rings is 3. The van der Waals surface area contributed by atoms with Crippen LogP contribution in [0, 0.1) is 5.82 Å². The van der Waals surface area contributed by atoms with E-state index in [1.807, 2.05) is 0 Å². The first kappa shape index (κ1) is 30.8. The summed E-state index contributed by atoms with van der Waals surface area (Å²) < 4.78 is 38.7. The molecular formula is C32H26FN3O9. The quantitative estimate of drug-likeness (QED) is 0.219. The molecule has 12 nitrogen and oxygen atoms in total. The van der Waals surface area contributed by atoms with E-state index < -0.39 is 72.3 Å². The molecule has 0 bridgehead atoms. The molecule has 0 radical (unpaired) electrons. The first-order valence-corrected chi connectivity index (χ1v) is 13.7. The highest BCUT2D eigenvalue weighted by Gasteiger charge is 2.52. The van der Waals surface area contributed by atoms with Gasteiger partial charge in [0.05, 0.1) is 22.9 Å². The molecule has 1 saturated heterocycles. The smallest absolute Gasteiger partial charge is 0.351 e. The van der Waals surface area contributed by atoms with Crippen molar-refractivity contribution in [3.63, 3.8) is 0 Å². The summed E-state index contributed by atoms with van der Waals surface area (Å²) in [6, 6.07) is 23.8.